The standard InChI is InChI=1S/C21H21ClF2N6OS/c22-16-5-3-7-18(24)15(16)12-28-8-10-29(11-9-28)19(31)13-32-21-27-26-20(30(21)25)14-4-1-2-6-17(14)23/h1-7H,8-13,25H2. The molecule has 0 spiro atoms. The number of nitrogens with zero attached hydrogens (tertiary/aromatic N) is 5. The maximum Gasteiger partial charge on any atom is 0.233 e. The first-order valence-corrected chi connectivity index (χ1v) is 11.3. The first-order chi connectivity index (χ1) is 15.4. The highest BCUT2D eigenvalue weighted by Gasteiger charge is 2.23. The summed E-state index contributed by atoms with van der Waals surface area (Å²) in [6, 6.07) is 10.8. The van der Waals surface area contributed by atoms with Crippen molar-refractivity contribution in [1.29, 1.82) is 0 Å². The second kappa shape index (κ2) is 9.85. The van der Waals surface area contributed by atoms with Crippen molar-refractivity contribution in [2.45, 2.75) is 11.7 Å². The lowest BCUT2D eigenvalue weighted by atomic mass is 10.2. The first-order valence-electron chi connectivity index (χ1n) is 9.95. The summed E-state index contributed by atoms with van der Waals surface area (Å²) >= 11 is 7.26. The van der Waals surface area contributed by atoms with Gasteiger partial charge in [-0.25, -0.2) is 13.5 Å². The van der Waals surface area contributed by atoms with Crippen LogP contribution in [0.25, 0.3) is 11.4 Å². The largest absolute Gasteiger partial charge is 0.339 e. The monoisotopic (exact) mass is 478 g/mol. The van der Waals surface area contributed by atoms with E-state index in [0.717, 1.165) is 11.8 Å². The van der Waals surface area contributed by atoms with Crippen LogP contribution >= 0.6 is 23.4 Å². The fourth-order valence-corrected chi connectivity index (χ4v) is 4.46. The minimum Gasteiger partial charge on any atom is -0.339 e. The van der Waals surface area contributed by atoms with E-state index in [1.807, 2.05) is 0 Å². The van der Waals surface area contributed by atoms with Gasteiger partial charge in [-0.1, -0.05) is 41.6 Å². The molecular weight excluding hydrogens is 458 g/mol. The highest BCUT2D eigenvalue weighted by molar-refractivity contribution is 7.99. The van der Waals surface area contributed by atoms with E-state index in [9.17, 15) is 13.6 Å². The molecule has 32 heavy (non-hydrogen) atoms. The van der Waals surface area contributed by atoms with Gasteiger partial charge in [-0.15, -0.1) is 10.2 Å². The van der Waals surface area contributed by atoms with Crippen LogP contribution in [0, 0.1) is 11.6 Å². The number of thioether (sulfide) groups is 1. The van der Waals surface area contributed by atoms with Crippen molar-refractivity contribution >= 4 is 29.3 Å². The fourth-order valence-electron chi connectivity index (χ4n) is 3.48. The molecule has 1 aliphatic heterocycles. The molecule has 0 unspecified atom stereocenters. The predicted molar refractivity (Wildman–Crippen MR) is 120 cm³/mol. The van der Waals surface area contributed by atoms with Gasteiger partial charge in [-0.3, -0.25) is 9.69 Å². The zero-order valence-corrected chi connectivity index (χ0v) is 18.6. The number of carbonyl (C=O) groups excluding carboxylic acids is 1. The Hall–Kier alpha value is -2.69. The second-order valence-corrected chi connectivity index (χ2v) is 8.65. The quantitative estimate of drug-likeness (QED) is 0.433. The molecule has 1 aliphatic rings. The number of piperazine rings is 1. The number of halogens is 3. The minimum atomic E-state index is -0.450. The Bertz CT molecular complexity index is 1100. The van der Waals surface area contributed by atoms with Gasteiger partial charge in [0, 0.05) is 43.3 Å². The molecule has 168 valence electrons. The van der Waals surface area contributed by atoms with Crippen molar-refractivity contribution in [3.8, 4) is 11.4 Å². The van der Waals surface area contributed by atoms with Crippen LogP contribution in [0.4, 0.5) is 8.78 Å². The Morgan fingerprint density at radius 1 is 1.03 bits per heavy atom. The SMILES string of the molecule is Nn1c(SCC(=O)N2CCN(Cc3c(F)cccc3Cl)CC2)nnc1-c1ccccc1F. The third kappa shape index (κ3) is 4.87. The third-order valence-corrected chi connectivity index (χ3v) is 6.55. The Morgan fingerprint density at radius 3 is 2.47 bits per heavy atom. The topological polar surface area (TPSA) is 80.3 Å². The van der Waals surface area contributed by atoms with Crippen LogP contribution in [-0.2, 0) is 11.3 Å². The number of nitrogens with two attached hydrogens (primary N) is 1. The summed E-state index contributed by atoms with van der Waals surface area (Å²) in [4.78, 5) is 16.5. The van der Waals surface area contributed by atoms with Gasteiger partial charge in [-0.05, 0) is 24.3 Å². The molecule has 1 fully saturated rings. The van der Waals surface area contributed by atoms with Crippen LogP contribution < -0.4 is 5.84 Å². The van der Waals surface area contributed by atoms with E-state index in [2.05, 4.69) is 15.1 Å². The Kier molecular flexibility index (Phi) is 6.92. The molecule has 4 rings (SSSR count). The van der Waals surface area contributed by atoms with E-state index in [4.69, 9.17) is 17.4 Å². The summed E-state index contributed by atoms with van der Waals surface area (Å²) in [6.45, 7) is 2.69. The molecule has 0 radical (unpaired) electrons. The van der Waals surface area contributed by atoms with Crippen LogP contribution in [0.15, 0.2) is 47.6 Å². The van der Waals surface area contributed by atoms with Crippen LogP contribution in [-0.4, -0.2) is 62.5 Å². The van der Waals surface area contributed by atoms with Gasteiger partial charge in [0.05, 0.1) is 11.3 Å². The van der Waals surface area contributed by atoms with Gasteiger partial charge in [0.2, 0.25) is 11.1 Å². The number of hydrogen-bond donors (Lipinski definition) is 1. The van der Waals surface area contributed by atoms with Crippen LogP contribution in [0.1, 0.15) is 5.56 Å². The van der Waals surface area contributed by atoms with Crippen LogP contribution in [0.5, 0.6) is 0 Å². The highest BCUT2D eigenvalue weighted by atomic mass is 35.5. The van der Waals surface area contributed by atoms with Gasteiger partial charge in [0.25, 0.3) is 0 Å². The predicted octanol–water partition coefficient (Wildman–Crippen LogP) is 3.03. The van der Waals surface area contributed by atoms with E-state index < -0.39 is 5.82 Å². The number of carbonyl (C=O) groups is 1. The number of benzene rings is 2. The Morgan fingerprint density at radius 2 is 1.75 bits per heavy atom. The lowest BCUT2D eigenvalue weighted by Gasteiger charge is -2.34. The average Bonchev–Trinajstić information content (AvgIpc) is 3.15. The summed E-state index contributed by atoms with van der Waals surface area (Å²) < 4.78 is 29.2. The lowest BCUT2D eigenvalue weighted by Crippen LogP contribution is -2.48. The molecule has 2 aromatic carbocycles. The molecule has 1 saturated heterocycles. The fraction of sp³-hybridized carbons (Fsp3) is 0.286. The van der Waals surface area contributed by atoms with Gasteiger partial charge < -0.3 is 10.7 Å². The first kappa shape index (κ1) is 22.5. The highest BCUT2D eigenvalue weighted by Crippen LogP contribution is 2.24. The maximum atomic E-state index is 14.0. The molecule has 7 nitrogen and oxygen atoms in total. The van der Waals surface area contributed by atoms with E-state index in [-0.39, 0.29) is 28.9 Å². The van der Waals surface area contributed by atoms with Gasteiger partial charge in [0.1, 0.15) is 11.6 Å². The zero-order valence-electron chi connectivity index (χ0n) is 17.0. The number of amides is 1. The summed E-state index contributed by atoms with van der Waals surface area (Å²) in [7, 11) is 0. The third-order valence-electron chi connectivity index (χ3n) is 5.27. The molecule has 1 amide bonds. The number of hydrogen-bond acceptors (Lipinski definition) is 6. The zero-order chi connectivity index (χ0) is 22.7. The summed E-state index contributed by atoms with van der Waals surface area (Å²) in [5.41, 5.74) is 0.712. The molecule has 1 aromatic heterocycles. The number of nitrogen functional groups attached to an aromatic ring is 1. The average molecular weight is 479 g/mol. The molecule has 0 atom stereocenters. The molecule has 2 heterocycles. The molecule has 0 saturated carbocycles. The molecular formula is C21H21ClF2N6OS. The summed E-state index contributed by atoms with van der Waals surface area (Å²) in [6.07, 6.45) is 0. The lowest BCUT2D eigenvalue weighted by molar-refractivity contribution is -0.130. The maximum absolute atomic E-state index is 14.0. The summed E-state index contributed by atoms with van der Waals surface area (Å²) in [5.74, 6) is 5.50. The number of aromatic nitrogens is 3. The smallest absolute Gasteiger partial charge is 0.233 e. The molecule has 0 bridgehead atoms. The van der Waals surface area contributed by atoms with E-state index in [0.29, 0.717) is 48.5 Å². The van der Waals surface area contributed by atoms with E-state index in [1.54, 1.807) is 35.2 Å². The van der Waals surface area contributed by atoms with Crippen LogP contribution in [0.3, 0.4) is 0 Å². The minimum absolute atomic E-state index is 0.0611. The Labute approximate surface area is 193 Å². The van der Waals surface area contributed by atoms with E-state index in [1.165, 1.54) is 16.8 Å². The van der Waals surface area contributed by atoms with Crippen LogP contribution in [0.2, 0.25) is 5.02 Å². The van der Waals surface area contributed by atoms with Gasteiger partial charge in [-0.2, -0.15) is 0 Å². The van der Waals surface area contributed by atoms with Crippen molar-refractivity contribution in [2.24, 2.45) is 0 Å². The van der Waals surface area contributed by atoms with Crippen molar-refractivity contribution in [3.63, 3.8) is 0 Å². The normalized spacial score (nSPS) is 14.7. The van der Waals surface area contributed by atoms with Gasteiger partial charge >= 0.3 is 0 Å². The number of rotatable bonds is 6. The molecule has 0 aliphatic carbocycles. The Balaban J connectivity index is 1.30. The van der Waals surface area contributed by atoms with Gasteiger partial charge in [0.15, 0.2) is 5.82 Å². The molecule has 3 aromatic rings. The second-order valence-electron chi connectivity index (χ2n) is 7.30. The van der Waals surface area contributed by atoms with Crippen molar-refractivity contribution in [3.05, 3.63) is 64.7 Å². The van der Waals surface area contributed by atoms with E-state index >= 15 is 0 Å². The van der Waals surface area contributed by atoms with Crippen molar-refractivity contribution < 1.29 is 13.6 Å². The molecule has 2 N–H and O–H groups in total. The molecule has 11 heteroatoms. The van der Waals surface area contributed by atoms with Crippen molar-refractivity contribution in [1.82, 2.24) is 24.7 Å². The summed E-state index contributed by atoms with van der Waals surface area (Å²) in [5, 5.41) is 8.67. The van der Waals surface area contributed by atoms with Crippen molar-refractivity contribution in [2.75, 3.05) is 37.8 Å².